The Bertz CT molecular complexity index is 758. The maximum absolute atomic E-state index is 12.3. The standard InChI is InChI=1S/C15H16ClN3O3S/c16-12-1-4-14(5-2-12)23(20,21)18-13-3-6-15(17-11-13)19-7-9-22-10-8-19/h1-6,11,18H,7-10H2. The van der Waals surface area contributed by atoms with Crippen LogP contribution in [-0.4, -0.2) is 39.7 Å². The van der Waals surface area contributed by atoms with Gasteiger partial charge >= 0.3 is 0 Å². The van der Waals surface area contributed by atoms with E-state index in [4.69, 9.17) is 16.3 Å². The first-order chi connectivity index (χ1) is 11.0. The number of rotatable bonds is 4. The van der Waals surface area contributed by atoms with E-state index in [-0.39, 0.29) is 4.90 Å². The van der Waals surface area contributed by atoms with Gasteiger partial charge in [-0.15, -0.1) is 0 Å². The molecule has 0 atom stereocenters. The quantitative estimate of drug-likeness (QED) is 0.913. The molecular weight excluding hydrogens is 338 g/mol. The maximum Gasteiger partial charge on any atom is 0.261 e. The highest BCUT2D eigenvalue weighted by Gasteiger charge is 2.15. The summed E-state index contributed by atoms with van der Waals surface area (Å²) >= 11 is 5.77. The number of nitrogens with one attached hydrogen (secondary N) is 1. The van der Waals surface area contributed by atoms with Crippen molar-refractivity contribution in [2.45, 2.75) is 4.90 Å². The number of hydrogen-bond acceptors (Lipinski definition) is 5. The first-order valence-electron chi connectivity index (χ1n) is 7.12. The van der Waals surface area contributed by atoms with Crippen LogP contribution in [0.3, 0.4) is 0 Å². The Hall–Kier alpha value is -1.83. The summed E-state index contributed by atoms with van der Waals surface area (Å²) in [7, 11) is -3.65. The third-order valence-corrected chi connectivity index (χ3v) is 5.11. The number of sulfonamides is 1. The number of anilines is 2. The predicted molar refractivity (Wildman–Crippen MR) is 89.5 cm³/mol. The summed E-state index contributed by atoms with van der Waals surface area (Å²) in [5.41, 5.74) is 0.414. The summed E-state index contributed by atoms with van der Waals surface area (Å²) in [4.78, 5) is 6.57. The number of aromatic nitrogens is 1. The Morgan fingerprint density at radius 1 is 1.09 bits per heavy atom. The van der Waals surface area contributed by atoms with Gasteiger partial charge in [0.05, 0.1) is 30.0 Å². The Kier molecular flexibility index (Phi) is 4.70. The first kappa shape index (κ1) is 16.0. The molecule has 23 heavy (non-hydrogen) atoms. The molecule has 1 fully saturated rings. The minimum atomic E-state index is -3.65. The smallest absolute Gasteiger partial charge is 0.261 e. The number of hydrogen-bond donors (Lipinski definition) is 1. The summed E-state index contributed by atoms with van der Waals surface area (Å²) in [6.45, 7) is 2.91. The van der Waals surface area contributed by atoms with E-state index in [9.17, 15) is 8.42 Å². The number of halogens is 1. The van der Waals surface area contributed by atoms with E-state index in [1.54, 1.807) is 12.1 Å². The maximum atomic E-state index is 12.3. The van der Waals surface area contributed by atoms with Gasteiger partial charge in [-0.25, -0.2) is 13.4 Å². The molecule has 122 valence electrons. The second-order valence-corrected chi connectivity index (χ2v) is 7.18. The number of benzene rings is 1. The molecule has 6 nitrogen and oxygen atoms in total. The van der Waals surface area contributed by atoms with Crippen molar-refractivity contribution in [3.8, 4) is 0 Å². The molecule has 0 unspecified atom stereocenters. The van der Waals surface area contributed by atoms with Crippen molar-refractivity contribution in [3.63, 3.8) is 0 Å². The van der Waals surface area contributed by atoms with Gasteiger partial charge in [-0.3, -0.25) is 4.72 Å². The summed E-state index contributed by atoms with van der Waals surface area (Å²) in [6, 6.07) is 9.49. The molecule has 0 radical (unpaired) electrons. The van der Waals surface area contributed by atoms with Crippen LogP contribution in [0, 0.1) is 0 Å². The van der Waals surface area contributed by atoms with Crippen LogP contribution in [0.2, 0.25) is 5.02 Å². The lowest BCUT2D eigenvalue weighted by Gasteiger charge is -2.27. The van der Waals surface area contributed by atoms with E-state index in [0.717, 1.165) is 18.9 Å². The van der Waals surface area contributed by atoms with Crippen molar-refractivity contribution in [1.82, 2.24) is 4.98 Å². The molecule has 1 aliphatic heterocycles. The molecule has 1 aromatic heterocycles. The van der Waals surface area contributed by atoms with E-state index in [2.05, 4.69) is 14.6 Å². The molecule has 0 aliphatic carbocycles. The van der Waals surface area contributed by atoms with Gasteiger partial charge < -0.3 is 9.64 Å². The normalized spacial score (nSPS) is 15.4. The fourth-order valence-electron chi connectivity index (χ4n) is 2.25. The van der Waals surface area contributed by atoms with Gasteiger partial charge in [-0.05, 0) is 36.4 Å². The van der Waals surface area contributed by atoms with Crippen LogP contribution in [0.25, 0.3) is 0 Å². The van der Waals surface area contributed by atoms with Gasteiger partial charge in [-0.2, -0.15) is 0 Å². The molecule has 1 saturated heterocycles. The van der Waals surface area contributed by atoms with Crippen LogP contribution in [0.4, 0.5) is 11.5 Å². The SMILES string of the molecule is O=S(=O)(Nc1ccc(N2CCOCC2)nc1)c1ccc(Cl)cc1. The summed E-state index contributed by atoms with van der Waals surface area (Å²) in [5.74, 6) is 0.808. The zero-order valence-corrected chi connectivity index (χ0v) is 13.8. The monoisotopic (exact) mass is 353 g/mol. The molecule has 3 rings (SSSR count). The minimum absolute atomic E-state index is 0.152. The van der Waals surface area contributed by atoms with Crippen LogP contribution in [0.15, 0.2) is 47.5 Å². The molecule has 2 aromatic rings. The van der Waals surface area contributed by atoms with Crippen LogP contribution < -0.4 is 9.62 Å². The lowest BCUT2D eigenvalue weighted by Crippen LogP contribution is -2.36. The summed E-state index contributed by atoms with van der Waals surface area (Å²) < 4.78 is 32.4. The fourth-order valence-corrected chi connectivity index (χ4v) is 3.42. The molecule has 2 heterocycles. The minimum Gasteiger partial charge on any atom is -0.378 e. The van der Waals surface area contributed by atoms with Gasteiger partial charge in [0.2, 0.25) is 0 Å². The average Bonchev–Trinajstić information content (AvgIpc) is 2.56. The van der Waals surface area contributed by atoms with Crippen molar-refractivity contribution in [2.24, 2.45) is 0 Å². The molecule has 1 aromatic carbocycles. The lowest BCUT2D eigenvalue weighted by atomic mass is 10.3. The highest BCUT2D eigenvalue weighted by atomic mass is 35.5. The van der Waals surface area contributed by atoms with Crippen molar-refractivity contribution in [3.05, 3.63) is 47.6 Å². The van der Waals surface area contributed by atoms with E-state index in [1.165, 1.54) is 30.5 Å². The Labute approximate surface area is 140 Å². The summed E-state index contributed by atoms with van der Waals surface area (Å²) in [6.07, 6.45) is 1.51. The van der Waals surface area contributed by atoms with Gasteiger partial charge in [-0.1, -0.05) is 11.6 Å². The van der Waals surface area contributed by atoms with E-state index in [1.807, 2.05) is 0 Å². The van der Waals surface area contributed by atoms with Crippen LogP contribution in [-0.2, 0) is 14.8 Å². The summed E-state index contributed by atoms with van der Waals surface area (Å²) in [5, 5.41) is 0.487. The molecule has 1 N–H and O–H groups in total. The molecule has 0 bridgehead atoms. The van der Waals surface area contributed by atoms with Crippen LogP contribution >= 0.6 is 11.6 Å². The molecule has 0 amide bonds. The fraction of sp³-hybridized carbons (Fsp3) is 0.267. The van der Waals surface area contributed by atoms with Gasteiger partial charge in [0.1, 0.15) is 5.82 Å². The topological polar surface area (TPSA) is 71.5 Å². The number of nitrogens with zero attached hydrogens (tertiary/aromatic N) is 2. The zero-order chi connectivity index (χ0) is 16.3. The highest BCUT2D eigenvalue weighted by molar-refractivity contribution is 7.92. The molecule has 0 spiro atoms. The second kappa shape index (κ2) is 6.74. The first-order valence-corrected chi connectivity index (χ1v) is 8.98. The van der Waals surface area contributed by atoms with Crippen LogP contribution in [0.5, 0.6) is 0 Å². The Morgan fingerprint density at radius 3 is 2.39 bits per heavy atom. The van der Waals surface area contributed by atoms with E-state index >= 15 is 0 Å². The lowest BCUT2D eigenvalue weighted by molar-refractivity contribution is 0.122. The van der Waals surface area contributed by atoms with E-state index in [0.29, 0.717) is 23.9 Å². The van der Waals surface area contributed by atoms with Gasteiger partial charge in [0, 0.05) is 18.1 Å². The highest BCUT2D eigenvalue weighted by Crippen LogP contribution is 2.20. The number of ether oxygens (including phenoxy) is 1. The Balaban J connectivity index is 1.73. The Morgan fingerprint density at radius 2 is 1.78 bits per heavy atom. The molecule has 8 heteroatoms. The van der Waals surface area contributed by atoms with Crippen molar-refractivity contribution >= 4 is 33.1 Å². The van der Waals surface area contributed by atoms with Gasteiger partial charge in [0.15, 0.2) is 0 Å². The predicted octanol–water partition coefficient (Wildman–Crippen LogP) is 2.37. The largest absolute Gasteiger partial charge is 0.378 e. The number of pyridine rings is 1. The van der Waals surface area contributed by atoms with Gasteiger partial charge in [0.25, 0.3) is 10.0 Å². The second-order valence-electron chi connectivity index (χ2n) is 5.06. The molecule has 0 saturated carbocycles. The third-order valence-electron chi connectivity index (χ3n) is 3.46. The number of morpholine rings is 1. The van der Waals surface area contributed by atoms with E-state index < -0.39 is 10.0 Å². The average molecular weight is 354 g/mol. The van der Waals surface area contributed by atoms with Crippen molar-refractivity contribution in [2.75, 3.05) is 35.9 Å². The third kappa shape index (κ3) is 3.93. The zero-order valence-electron chi connectivity index (χ0n) is 12.3. The molecule has 1 aliphatic rings. The van der Waals surface area contributed by atoms with Crippen molar-refractivity contribution < 1.29 is 13.2 Å². The molecular formula is C15H16ClN3O3S. The van der Waals surface area contributed by atoms with Crippen LogP contribution in [0.1, 0.15) is 0 Å². The van der Waals surface area contributed by atoms with Crippen molar-refractivity contribution in [1.29, 1.82) is 0 Å².